The molecule has 0 radical (unpaired) electrons. The van der Waals surface area contributed by atoms with Crippen molar-refractivity contribution in [3.63, 3.8) is 0 Å². The number of aryl methyl sites for hydroxylation is 1. The van der Waals surface area contributed by atoms with Crippen molar-refractivity contribution in [1.82, 2.24) is 4.98 Å². The SMILES string of the molecule is Cc1ccccc1OCCC(=O)OC(C)C(=O)Nc1cccnc1Cl. The van der Waals surface area contributed by atoms with Crippen molar-refractivity contribution in [3.8, 4) is 5.75 Å². The molecule has 1 aromatic heterocycles. The van der Waals surface area contributed by atoms with E-state index in [4.69, 9.17) is 21.1 Å². The molecule has 0 fully saturated rings. The van der Waals surface area contributed by atoms with Gasteiger partial charge in [0.2, 0.25) is 0 Å². The summed E-state index contributed by atoms with van der Waals surface area (Å²) in [5, 5.41) is 2.73. The number of carbonyl (C=O) groups is 2. The van der Waals surface area contributed by atoms with E-state index in [0.29, 0.717) is 11.4 Å². The van der Waals surface area contributed by atoms with E-state index in [1.165, 1.54) is 13.1 Å². The number of halogens is 1. The number of esters is 1. The molecule has 0 aliphatic heterocycles. The number of amides is 1. The first kappa shape index (κ1) is 18.7. The highest BCUT2D eigenvalue weighted by molar-refractivity contribution is 6.32. The van der Waals surface area contributed by atoms with Gasteiger partial charge in [0.05, 0.1) is 18.7 Å². The molecule has 0 aliphatic rings. The van der Waals surface area contributed by atoms with E-state index in [-0.39, 0.29) is 18.2 Å². The van der Waals surface area contributed by atoms with E-state index >= 15 is 0 Å². The molecule has 0 bridgehead atoms. The highest BCUT2D eigenvalue weighted by atomic mass is 35.5. The molecule has 2 rings (SSSR count). The predicted molar refractivity (Wildman–Crippen MR) is 94.7 cm³/mol. The van der Waals surface area contributed by atoms with Gasteiger partial charge in [0, 0.05) is 6.20 Å². The van der Waals surface area contributed by atoms with Crippen LogP contribution >= 0.6 is 11.6 Å². The van der Waals surface area contributed by atoms with Gasteiger partial charge in [-0.1, -0.05) is 29.8 Å². The van der Waals surface area contributed by atoms with Crippen LogP contribution in [0.2, 0.25) is 5.15 Å². The zero-order chi connectivity index (χ0) is 18.2. The number of nitrogens with one attached hydrogen (secondary N) is 1. The molecule has 1 heterocycles. The van der Waals surface area contributed by atoms with E-state index in [2.05, 4.69) is 10.3 Å². The summed E-state index contributed by atoms with van der Waals surface area (Å²) < 4.78 is 10.6. The van der Waals surface area contributed by atoms with Crippen LogP contribution in [0.3, 0.4) is 0 Å². The second-order valence-electron chi connectivity index (χ2n) is 5.33. The first-order chi connectivity index (χ1) is 12.0. The van der Waals surface area contributed by atoms with Crippen molar-refractivity contribution < 1.29 is 19.1 Å². The van der Waals surface area contributed by atoms with Gasteiger partial charge in [-0.25, -0.2) is 4.98 Å². The molecule has 1 atom stereocenters. The lowest BCUT2D eigenvalue weighted by molar-refractivity contribution is -0.153. The van der Waals surface area contributed by atoms with Crippen molar-refractivity contribution in [2.24, 2.45) is 0 Å². The van der Waals surface area contributed by atoms with Crippen LogP contribution in [0.4, 0.5) is 5.69 Å². The Morgan fingerprint density at radius 1 is 1.24 bits per heavy atom. The van der Waals surface area contributed by atoms with Gasteiger partial charge in [0.1, 0.15) is 5.75 Å². The van der Waals surface area contributed by atoms with Gasteiger partial charge in [0.15, 0.2) is 11.3 Å². The second-order valence-corrected chi connectivity index (χ2v) is 5.69. The quantitative estimate of drug-likeness (QED) is 0.603. The van der Waals surface area contributed by atoms with Crippen LogP contribution in [0.15, 0.2) is 42.6 Å². The van der Waals surface area contributed by atoms with E-state index in [1.54, 1.807) is 12.1 Å². The smallest absolute Gasteiger partial charge is 0.310 e. The van der Waals surface area contributed by atoms with Crippen LogP contribution in [0.25, 0.3) is 0 Å². The van der Waals surface area contributed by atoms with Crippen molar-refractivity contribution in [3.05, 3.63) is 53.3 Å². The summed E-state index contributed by atoms with van der Waals surface area (Å²) >= 11 is 5.87. The summed E-state index contributed by atoms with van der Waals surface area (Å²) in [6.45, 7) is 3.58. The number of benzene rings is 1. The largest absolute Gasteiger partial charge is 0.493 e. The fourth-order valence-corrected chi connectivity index (χ4v) is 2.15. The van der Waals surface area contributed by atoms with E-state index in [0.717, 1.165) is 5.56 Å². The average molecular weight is 363 g/mol. The molecule has 2 aromatic rings. The first-order valence-corrected chi connectivity index (χ1v) is 8.14. The number of ether oxygens (including phenoxy) is 2. The lowest BCUT2D eigenvalue weighted by Crippen LogP contribution is -2.30. The normalized spacial score (nSPS) is 11.5. The van der Waals surface area contributed by atoms with Gasteiger partial charge in [0.25, 0.3) is 5.91 Å². The van der Waals surface area contributed by atoms with Gasteiger partial charge in [-0.2, -0.15) is 0 Å². The van der Waals surface area contributed by atoms with Crippen LogP contribution in [0, 0.1) is 6.92 Å². The molecule has 132 valence electrons. The van der Waals surface area contributed by atoms with Gasteiger partial charge >= 0.3 is 5.97 Å². The number of anilines is 1. The minimum Gasteiger partial charge on any atom is -0.493 e. The molecule has 0 saturated heterocycles. The Bertz CT molecular complexity index is 751. The van der Waals surface area contributed by atoms with E-state index in [1.807, 2.05) is 31.2 Å². The maximum absolute atomic E-state index is 12.0. The average Bonchev–Trinajstić information content (AvgIpc) is 2.58. The summed E-state index contributed by atoms with van der Waals surface area (Å²) in [5.41, 5.74) is 1.34. The number of hydrogen-bond acceptors (Lipinski definition) is 5. The molecule has 7 heteroatoms. The van der Waals surface area contributed by atoms with Gasteiger partial charge in [-0.15, -0.1) is 0 Å². The van der Waals surface area contributed by atoms with Crippen LogP contribution in [-0.2, 0) is 14.3 Å². The highest BCUT2D eigenvalue weighted by Gasteiger charge is 2.19. The number of carbonyl (C=O) groups excluding carboxylic acids is 2. The second kappa shape index (κ2) is 9.03. The summed E-state index contributed by atoms with van der Waals surface area (Å²) in [7, 11) is 0. The molecular formula is C18H19ClN2O4. The molecular weight excluding hydrogens is 344 g/mol. The molecule has 1 unspecified atom stereocenters. The Morgan fingerprint density at radius 3 is 2.72 bits per heavy atom. The summed E-state index contributed by atoms with van der Waals surface area (Å²) in [4.78, 5) is 27.7. The lowest BCUT2D eigenvalue weighted by Gasteiger charge is -2.14. The minimum absolute atomic E-state index is 0.0413. The van der Waals surface area contributed by atoms with Crippen LogP contribution in [0.1, 0.15) is 18.9 Å². The fourth-order valence-electron chi connectivity index (χ4n) is 1.99. The zero-order valence-electron chi connectivity index (χ0n) is 14.0. The maximum Gasteiger partial charge on any atom is 0.310 e. The van der Waals surface area contributed by atoms with Gasteiger partial charge in [-0.05, 0) is 37.6 Å². The molecule has 1 aromatic carbocycles. The standard InChI is InChI=1S/C18H19ClN2O4/c1-12-6-3-4-8-15(12)24-11-9-16(22)25-13(2)18(23)21-14-7-5-10-20-17(14)19/h3-8,10,13H,9,11H2,1-2H3,(H,21,23). The van der Waals surface area contributed by atoms with Crippen molar-refractivity contribution in [1.29, 1.82) is 0 Å². The third kappa shape index (κ3) is 5.76. The summed E-state index contributed by atoms with van der Waals surface area (Å²) in [6, 6.07) is 10.8. The van der Waals surface area contributed by atoms with Crippen LogP contribution in [0.5, 0.6) is 5.75 Å². The topological polar surface area (TPSA) is 77.5 Å². The third-order valence-electron chi connectivity index (χ3n) is 3.35. The molecule has 1 amide bonds. The fraction of sp³-hybridized carbons (Fsp3) is 0.278. The lowest BCUT2D eigenvalue weighted by atomic mass is 10.2. The van der Waals surface area contributed by atoms with E-state index < -0.39 is 18.0 Å². The first-order valence-electron chi connectivity index (χ1n) is 7.76. The zero-order valence-corrected chi connectivity index (χ0v) is 14.7. The van der Waals surface area contributed by atoms with Crippen LogP contribution < -0.4 is 10.1 Å². The van der Waals surface area contributed by atoms with Crippen LogP contribution in [-0.4, -0.2) is 29.6 Å². The van der Waals surface area contributed by atoms with Crippen molar-refractivity contribution >= 4 is 29.2 Å². The van der Waals surface area contributed by atoms with Gasteiger partial charge < -0.3 is 14.8 Å². The molecule has 6 nitrogen and oxygen atoms in total. The third-order valence-corrected chi connectivity index (χ3v) is 3.65. The molecule has 0 aliphatic carbocycles. The molecule has 25 heavy (non-hydrogen) atoms. The Hall–Kier alpha value is -2.60. The molecule has 0 spiro atoms. The Kier molecular flexibility index (Phi) is 6.77. The Balaban J connectivity index is 1.77. The highest BCUT2D eigenvalue weighted by Crippen LogP contribution is 2.18. The van der Waals surface area contributed by atoms with Gasteiger partial charge in [-0.3, -0.25) is 9.59 Å². The predicted octanol–water partition coefficient (Wildman–Crippen LogP) is 3.38. The van der Waals surface area contributed by atoms with Crippen molar-refractivity contribution in [2.75, 3.05) is 11.9 Å². The van der Waals surface area contributed by atoms with Crippen molar-refractivity contribution in [2.45, 2.75) is 26.4 Å². The Morgan fingerprint density at radius 2 is 2.00 bits per heavy atom. The minimum atomic E-state index is -0.956. The number of para-hydroxylation sites is 1. The number of rotatable bonds is 7. The number of nitrogens with zero attached hydrogens (tertiary/aromatic N) is 1. The summed E-state index contributed by atoms with van der Waals surface area (Å²) in [5.74, 6) is -0.288. The number of hydrogen-bond donors (Lipinski definition) is 1. The molecule has 1 N–H and O–H groups in total. The Labute approximate surface area is 151 Å². The monoisotopic (exact) mass is 362 g/mol. The summed E-state index contributed by atoms with van der Waals surface area (Å²) in [6.07, 6.45) is 0.595. The molecule has 0 saturated carbocycles. The number of pyridine rings is 1. The number of aromatic nitrogens is 1. The maximum atomic E-state index is 12.0. The van der Waals surface area contributed by atoms with E-state index in [9.17, 15) is 9.59 Å².